The van der Waals surface area contributed by atoms with Crippen LogP contribution in [0.4, 0.5) is 14.9 Å². The number of nitrogens with one attached hydrogen (secondary N) is 3. The predicted molar refractivity (Wildman–Crippen MR) is 125 cm³/mol. The molecule has 2 amide bonds. The van der Waals surface area contributed by atoms with E-state index in [2.05, 4.69) is 25.2 Å². The summed E-state index contributed by atoms with van der Waals surface area (Å²) < 4.78 is 40.7. The lowest BCUT2D eigenvalue weighted by atomic mass is 10.1. The molecule has 1 saturated heterocycles. The van der Waals surface area contributed by atoms with Gasteiger partial charge in [-0.05, 0) is 56.3 Å². The van der Waals surface area contributed by atoms with Crippen LogP contribution in [-0.2, 0) is 10.0 Å². The molecule has 0 radical (unpaired) electrons. The van der Waals surface area contributed by atoms with E-state index < -0.39 is 15.8 Å². The van der Waals surface area contributed by atoms with Crippen LogP contribution in [0.15, 0.2) is 59.5 Å². The van der Waals surface area contributed by atoms with Gasteiger partial charge in [0.1, 0.15) is 5.82 Å². The van der Waals surface area contributed by atoms with Gasteiger partial charge < -0.3 is 10.6 Å². The average Bonchev–Trinajstić information content (AvgIpc) is 3.20. The van der Waals surface area contributed by atoms with Crippen LogP contribution < -0.4 is 15.4 Å². The molecule has 1 aliphatic heterocycles. The molecular weight excluding hydrogens is 445 g/mol. The van der Waals surface area contributed by atoms with Gasteiger partial charge in [-0.2, -0.15) is 0 Å². The Bertz CT molecular complexity index is 1250. The van der Waals surface area contributed by atoms with Crippen LogP contribution in [0.3, 0.4) is 0 Å². The van der Waals surface area contributed by atoms with E-state index in [0.29, 0.717) is 38.3 Å². The zero-order valence-electron chi connectivity index (χ0n) is 18.2. The second kappa shape index (κ2) is 9.82. The summed E-state index contributed by atoms with van der Waals surface area (Å²) in [4.78, 5) is 19.0. The number of rotatable bonds is 7. The molecule has 1 atom stereocenters. The number of urea groups is 1. The fraction of sp³-hybridized carbons (Fsp3) is 0.304. The molecule has 10 heteroatoms. The lowest BCUT2D eigenvalue weighted by Gasteiger charge is -2.17. The van der Waals surface area contributed by atoms with Crippen molar-refractivity contribution >= 4 is 32.6 Å². The number of amides is 2. The van der Waals surface area contributed by atoms with Crippen LogP contribution in [-0.4, -0.2) is 56.6 Å². The van der Waals surface area contributed by atoms with E-state index in [-0.39, 0.29) is 17.0 Å². The molecule has 1 unspecified atom stereocenters. The number of nitrogens with zero attached hydrogens (tertiary/aromatic N) is 2. The number of pyridine rings is 1. The molecule has 0 aliphatic carbocycles. The summed E-state index contributed by atoms with van der Waals surface area (Å²) in [5.74, 6) is -0.482. The average molecular weight is 472 g/mol. The Kier molecular flexibility index (Phi) is 6.87. The number of halogens is 1. The minimum atomic E-state index is -3.70. The van der Waals surface area contributed by atoms with Crippen molar-refractivity contribution in [1.82, 2.24) is 19.9 Å². The molecule has 1 aromatic heterocycles. The third kappa shape index (κ3) is 5.84. The van der Waals surface area contributed by atoms with Crippen LogP contribution in [0, 0.1) is 12.7 Å². The summed E-state index contributed by atoms with van der Waals surface area (Å²) in [6.07, 6.45) is 0.662. The summed E-state index contributed by atoms with van der Waals surface area (Å²) in [6, 6.07) is 13.7. The number of hydrogen-bond acceptors (Lipinski definition) is 5. The Labute approximate surface area is 192 Å². The first-order valence-corrected chi connectivity index (χ1v) is 12.2. The van der Waals surface area contributed by atoms with Gasteiger partial charge in [0.05, 0.1) is 16.1 Å². The molecule has 8 nitrogen and oxygen atoms in total. The lowest BCUT2D eigenvalue weighted by Crippen LogP contribution is -2.39. The van der Waals surface area contributed by atoms with E-state index in [1.54, 1.807) is 0 Å². The van der Waals surface area contributed by atoms with Crippen molar-refractivity contribution in [3.8, 4) is 0 Å². The minimum absolute atomic E-state index is 0.0413. The standard InChI is InChI=1S/C23H26FN5O3S/c1-16-14-22(20-4-2-3-5-21(20)26-16)27-23(30)25-11-13-29-12-10-18(15-29)28-33(31,32)19-8-6-17(24)7-9-19/h2-9,14,18,28H,10-13,15H2,1H3,(H2,25,26,27,30). The molecule has 2 heterocycles. The summed E-state index contributed by atoms with van der Waals surface area (Å²) in [7, 11) is -3.70. The van der Waals surface area contributed by atoms with Gasteiger partial charge in [0.2, 0.25) is 10.0 Å². The number of benzene rings is 2. The molecule has 0 spiro atoms. The number of aryl methyl sites for hydroxylation is 1. The first-order chi connectivity index (χ1) is 15.8. The van der Waals surface area contributed by atoms with Gasteiger partial charge in [0.15, 0.2) is 0 Å². The van der Waals surface area contributed by atoms with Crippen molar-refractivity contribution in [2.24, 2.45) is 0 Å². The van der Waals surface area contributed by atoms with Gasteiger partial charge in [0.25, 0.3) is 0 Å². The predicted octanol–water partition coefficient (Wildman–Crippen LogP) is 2.86. The Morgan fingerprint density at radius 3 is 2.73 bits per heavy atom. The Balaban J connectivity index is 1.25. The fourth-order valence-corrected chi connectivity index (χ4v) is 5.20. The number of aromatic nitrogens is 1. The van der Waals surface area contributed by atoms with Crippen molar-refractivity contribution in [1.29, 1.82) is 0 Å². The topological polar surface area (TPSA) is 103 Å². The quantitative estimate of drug-likeness (QED) is 0.492. The molecule has 33 heavy (non-hydrogen) atoms. The monoisotopic (exact) mass is 471 g/mol. The van der Waals surface area contributed by atoms with Crippen LogP contribution in [0.2, 0.25) is 0 Å². The first-order valence-electron chi connectivity index (χ1n) is 10.7. The maximum atomic E-state index is 13.1. The molecule has 1 fully saturated rings. The minimum Gasteiger partial charge on any atom is -0.337 e. The van der Waals surface area contributed by atoms with Gasteiger partial charge in [-0.3, -0.25) is 9.88 Å². The molecule has 0 bridgehead atoms. The molecule has 4 rings (SSSR count). The molecular formula is C23H26FN5O3S. The van der Waals surface area contributed by atoms with Crippen LogP contribution in [0.1, 0.15) is 12.1 Å². The Hall–Kier alpha value is -3.08. The van der Waals surface area contributed by atoms with E-state index in [1.165, 1.54) is 12.1 Å². The van der Waals surface area contributed by atoms with Gasteiger partial charge in [-0.25, -0.2) is 22.3 Å². The van der Waals surface area contributed by atoms with Gasteiger partial charge in [0, 0.05) is 36.8 Å². The Morgan fingerprint density at radius 2 is 1.94 bits per heavy atom. The highest BCUT2D eigenvalue weighted by molar-refractivity contribution is 7.89. The van der Waals surface area contributed by atoms with Crippen LogP contribution in [0.5, 0.6) is 0 Å². The number of carbonyl (C=O) groups is 1. The first kappa shape index (κ1) is 23.1. The van der Waals surface area contributed by atoms with E-state index in [0.717, 1.165) is 28.7 Å². The normalized spacial score (nSPS) is 16.7. The number of likely N-dealkylation sites (tertiary alicyclic amines) is 1. The number of para-hydroxylation sites is 1. The highest BCUT2D eigenvalue weighted by Gasteiger charge is 2.27. The van der Waals surface area contributed by atoms with Crippen LogP contribution in [0.25, 0.3) is 10.9 Å². The van der Waals surface area contributed by atoms with Gasteiger partial charge >= 0.3 is 6.03 Å². The second-order valence-electron chi connectivity index (χ2n) is 8.07. The maximum Gasteiger partial charge on any atom is 0.319 e. The third-order valence-corrected chi connectivity index (χ3v) is 7.06. The van der Waals surface area contributed by atoms with E-state index >= 15 is 0 Å². The number of hydrogen-bond donors (Lipinski definition) is 3. The van der Waals surface area contributed by atoms with E-state index in [9.17, 15) is 17.6 Å². The molecule has 1 aliphatic rings. The number of fused-ring (bicyclic) bond motifs is 1. The summed E-state index contributed by atoms with van der Waals surface area (Å²) in [6.45, 7) is 4.15. The molecule has 3 aromatic rings. The van der Waals surface area contributed by atoms with E-state index in [1.807, 2.05) is 37.3 Å². The summed E-state index contributed by atoms with van der Waals surface area (Å²) >= 11 is 0. The van der Waals surface area contributed by atoms with Crippen molar-refractivity contribution < 1.29 is 17.6 Å². The lowest BCUT2D eigenvalue weighted by molar-refractivity contribution is 0.249. The highest BCUT2D eigenvalue weighted by Crippen LogP contribution is 2.22. The highest BCUT2D eigenvalue weighted by atomic mass is 32.2. The molecule has 174 valence electrons. The Morgan fingerprint density at radius 1 is 1.18 bits per heavy atom. The third-order valence-electron chi connectivity index (χ3n) is 5.52. The van der Waals surface area contributed by atoms with Crippen molar-refractivity contribution in [2.75, 3.05) is 31.5 Å². The van der Waals surface area contributed by atoms with Gasteiger partial charge in [-0.15, -0.1) is 0 Å². The number of sulfonamides is 1. The molecule has 2 aromatic carbocycles. The van der Waals surface area contributed by atoms with Crippen molar-refractivity contribution in [2.45, 2.75) is 24.3 Å². The van der Waals surface area contributed by atoms with Crippen molar-refractivity contribution in [3.63, 3.8) is 0 Å². The van der Waals surface area contributed by atoms with Crippen molar-refractivity contribution in [3.05, 3.63) is 66.1 Å². The van der Waals surface area contributed by atoms with Gasteiger partial charge in [-0.1, -0.05) is 18.2 Å². The van der Waals surface area contributed by atoms with Crippen LogP contribution >= 0.6 is 0 Å². The number of carbonyl (C=O) groups excluding carboxylic acids is 1. The summed E-state index contributed by atoms with van der Waals surface area (Å²) in [5, 5.41) is 6.61. The van der Waals surface area contributed by atoms with E-state index in [4.69, 9.17) is 0 Å². The maximum absolute atomic E-state index is 13.1. The zero-order valence-corrected chi connectivity index (χ0v) is 19.0. The smallest absolute Gasteiger partial charge is 0.319 e. The summed E-state index contributed by atoms with van der Waals surface area (Å²) in [5.41, 5.74) is 2.33. The number of anilines is 1. The zero-order chi connectivity index (χ0) is 23.4. The fourth-order valence-electron chi connectivity index (χ4n) is 3.94. The molecule has 0 saturated carbocycles. The SMILES string of the molecule is Cc1cc(NC(=O)NCCN2CCC(NS(=O)(=O)c3ccc(F)cc3)C2)c2ccccc2n1. The largest absolute Gasteiger partial charge is 0.337 e. The molecule has 3 N–H and O–H groups in total. The second-order valence-corrected chi connectivity index (χ2v) is 9.78.